The van der Waals surface area contributed by atoms with Gasteiger partial charge in [0, 0.05) is 18.8 Å². The Bertz CT molecular complexity index is 528. The molecule has 3 N–H and O–H groups in total. The Kier molecular flexibility index (Phi) is 3.89. The van der Waals surface area contributed by atoms with Gasteiger partial charge in [0.15, 0.2) is 0 Å². The first-order valence-electron chi connectivity index (χ1n) is 5.99. The molecule has 0 fully saturated rings. The lowest BCUT2D eigenvalue weighted by Crippen LogP contribution is -2.32. The summed E-state index contributed by atoms with van der Waals surface area (Å²) >= 11 is 0. The Morgan fingerprint density at radius 2 is 2.11 bits per heavy atom. The van der Waals surface area contributed by atoms with E-state index in [2.05, 4.69) is 4.90 Å². The maximum atomic E-state index is 10.6. The van der Waals surface area contributed by atoms with E-state index in [4.69, 9.17) is 10.3 Å². The van der Waals surface area contributed by atoms with Gasteiger partial charge in [-0.15, -0.1) is 0 Å². The van der Waals surface area contributed by atoms with Crippen LogP contribution in [-0.2, 0) is 23.1 Å². The smallest absolute Gasteiger partial charge is 0.264 e. The zero-order chi connectivity index (χ0) is 13.2. The van der Waals surface area contributed by atoms with Crippen molar-refractivity contribution in [3.05, 3.63) is 29.3 Å². The van der Waals surface area contributed by atoms with Gasteiger partial charge in [0.2, 0.25) is 0 Å². The second kappa shape index (κ2) is 5.26. The fourth-order valence-corrected chi connectivity index (χ4v) is 2.79. The van der Waals surface area contributed by atoms with Crippen molar-refractivity contribution in [2.45, 2.75) is 19.4 Å². The number of anilines is 1. The Morgan fingerprint density at radius 3 is 2.83 bits per heavy atom. The van der Waals surface area contributed by atoms with E-state index in [-0.39, 0.29) is 5.75 Å². The molecule has 100 valence electrons. The summed E-state index contributed by atoms with van der Waals surface area (Å²) in [4.78, 5) is 2.20. The standard InChI is InChI=1S/C12H18N2O3S/c13-12-3-2-11-9-14(6-4-10(11)8-12)5-1-7-18(15,16)17/h2-3,8H,1,4-7,9,13H2,(H,15,16,17). The number of fused-ring (bicyclic) bond motifs is 1. The molecular weight excluding hydrogens is 252 g/mol. The first-order chi connectivity index (χ1) is 8.44. The van der Waals surface area contributed by atoms with Gasteiger partial charge in [-0.1, -0.05) is 6.07 Å². The van der Waals surface area contributed by atoms with Crippen molar-refractivity contribution >= 4 is 15.8 Å². The zero-order valence-electron chi connectivity index (χ0n) is 10.2. The topological polar surface area (TPSA) is 83.6 Å². The molecule has 0 aliphatic carbocycles. The maximum absolute atomic E-state index is 10.6. The molecule has 1 aromatic rings. The Morgan fingerprint density at radius 1 is 1.33 bits per heavy atom. The molecule has 5 nitrogen and oxygen atoms in total. The Labute approximate surface area is 107 Å². The van der Waals surface area contributed by atoms with E-state index in [1.165, 1.54) is 11.1 Å². The molecule has 1 aromatic carbocycles. The lowest BCUT2D eigenvalue weighted by molar-refractivity contribution is 0.254. The summed E-state index contributed by atoms with van der Waals surface area (Å²) < 4.78 is 29.9. The number of nitrogens with two attached hydrogens (primary N) is 1. The molecule has 0 aromatic heterocycles. The van der Waals surface area contributed by atoms with Crippen LogP contribution in [0.3, 0.4) is 0 Å². The summed E-state index contributed by atoms with van der Waals surface area (Å²) in [5.41, 5.74) is 9.05. The minimum Gasteiger partial charge on any atom is -0.399 e. The van der Waals surface area contributed by atoms with Crippen LogP contribution >= 0.6 is 0 Å². The van der Waals surface area contributed by atoms with Crippen molar-refractivity contribution in [3.63, 3.8) is 0 Å². The number of nitrogens with zero attached hydrogens (tertiary/aromatic N) is 1. The molecule has 0 unspecified atom stereocenters. The van der Waals surface area contributed by atoms with Crippen LogP contribution in [0.1, 0.15) is 17.5 Å². The molecule has 1 aliphatic rings. The molecular formula is C12H18N2O3S. The summed E-state index contributed by atoms with van der Waals surface area (Å²) in [5, 5.41) is 0. The van der Waals surface area contributed by atoms with Crippen molar-refractivity contribution in [1.29, 1.82) is 0 Å². The van der Waals surface area contributed by atoms with E-state index in [9.17, 15) is 8.42 Å². The van der Waals surface area contributed by atoms with Gasteiger partial charge in [-0.05, 0) is 42.6 Å². The monoisotopic (exact) mass is 270 g/mol. The number of nitrogen functional groups attached to an aromatic ring is 1. The van der Waals surface area contributed by atoms with E-state index in [0.717, 1.165) is 25.2 Å². The zero-order valence-corrected chi connectivity index (χ0v) is 11.0. The lowest BCUT2D eigenvalue weighted by atomic mass is 9.99. The van der Waals surface area contributed by atoms with E-state index in [0.29, 0.717) is 13.0 Å². The van der Waals surface area contributed by atoms with E-state index >= 15 is 0 Å². The highest BCUT2D eigenvalue weighted by molar-refractivity contribution is 7.85. The van der Waals surface area contributed by atoms with Crippen LogP contribution in [0.5, 0.6) is 0 Å². The Hall–Kier alpha value is -1.11. The van der Waals surface area contributed by atoms with Gasteiger partial charge in [0.1, 0.15) is 0 Å². The predicted molar refractivity (Wildman–Crippen MR) is 70.9 cm³/mol. The first-order valence-corrected chi connectivity index (χ1v) is 7.60. The second-order valence-electron chi connectivity index (χ2n) is 4.69. The van der Waals surface area contributed by atoms with Crippen LogP contribution in [0.2, 0.25) is 0 Å². The molecule has 1 aliphatic heterocycles. The normalized spacial score (nSPS) is 16.5. The highest BCUT2D eigenvalue weighted by Crippen LogP contribution is 2.21. The summed E-state index contributed by atoms with van der Waals surface area (Å²) in [6, 6.07) is 5.92. The summed E-state index contributed by atoms with van der Waals surface area (Å²) in [6.07, 6.45) is 1.40. The molecule has 0 spiro atoms. The highest BCUT2D eigenvalue weighted by atomic mass is 32.2. The Balaban J connectivity index is 1.90. The fraction of sp³-hybridized carbons (Fsp3) is 0.500. The largest absolute Gasteiger partial charge is 0.399 e. The van der Waals surface area contributed by atoms with Gasteiger partial charge in [0.05, 0.1) is 5.75 Å². The highest BCUT2D eigenvalue weighted by Gasteiger charge is 2.16. The quantitative estimate of drug-likeness (QED) is 0.627. The third-order valence-electron chi connectivity index (χ3n) is 3.20. The second-order valence-corrected chi connectivity index (χ2v) is 6.27. The molecule has 2 rings (SSSR count). The average Bonchev–Trinajstić information content (AvgIpc) is 2.27. The summed E-state index contributed by atoms with van der Waals surface area (Å²) in [6.45, 7) is 2.41. The van der Waals surface area contributed by atoms with E-state index in [1.54, 1.807) is 0 Å². The molecule has 0 atom stereocenters. The molecule has 0 radical (unpaired) electrons. The molecule has 0 amide bonds. The third kappa shape index (κ3) is 3.69. The van der Waals surface area contributed by atoms with Crippen LogP contribution < -0.4 is 5.73 Å². The van der Waals surface area contributed by atoms with E-state index in [1.807, 2.05) is 18.2 Å². The van der Waals surface area contributed by atoms with Crippen LogP contribution in [0, 0.1) is 0 Å². The van der Waals surface area contributed by atoms with Gasteiger partial charge in [-0.2, -0.15) is 8.42 Å². The first kappa shape index (κ1) is 13.3. The van der Waals surface area contributed by atoms with Crippen molar-refractivity contribution < 1.29 is 13.0 Å². The molecule has 0 saturated heterocycles. The summed E-state index contributed by atoms with van der Waals surface area (Å²) in [7, 11) is -3.83. The van der Waals surface area contributed by atoms with Crippen molar-refractivity contribution in [2.24, 2.45) is 0 Å². The maximum Gasteiger partial charge on any atom is 0.264 e. The lowest BCUT2D eigenvalue weighted by Gasteiger charge is -2.28. The third-order valence-corrected chi connectivity index (χ3v) is 4.00. The predicted octanol–water partition coefficient (Wildman–Crippen LogP) is 0.905. The minimum absolute atomic E-state index is 0.169. The van der Waals surface area contributed by atoms with Gasteiger partial charge in [-0.25, -0.2) is 0 Å². The van der Waals surface area contributed by atoms with Crippen LogP contribution in [0.15, 0.2) is 18.2 Å². The molecule has 0 saturated carbocycles. The average molecular weight is 270 g/mol. The molecule has 6 heteroatoms. The molecule has 1 heterocycles. The van der Waals surface area contributed by atoms with Crippen molar-refractivity contribution in [3.8, 4) is 0 Å². The van der Waals surface area contributed by atoms with Crippen LogP contribution in [0.25, 0.3) is 0 Å². The van der Waals surface area contributed by atoms with Crippen molar-refractivity contribution in [2.75, 3.05) is 24.6 Å². The number of hydrogen-bond acceptors (Lipinski definition) is 4. The van der Waals surface area contributed by atoms with E-state index < -0.39 is 10.1 Å². The van der Waals surface area contributed by atoms with Crippen molar-refractivity contribution in [1.82, 2.24) is 4.90 Å². The number of benzene rings is 1. The van der Waals surface area contributed by atoms with Gasteiger partial charge in [0.25, 0.3) is 10.1 Å². The van der Waals surface area contributed by atoms with Gasteiger partial charge in [-0.3, -0.25) is 9.45 Å². The fourth-order valence-electron chi connectivity index (χ4n) is 2.29. The number of hydrogen-bond donors (Lipinski definition) is 2. The minimum atomic E-state index is -3.83. The molecule has 0 bridgehead atoms. The SMILES string of the molecule is Nc1ccc2c(c1)CCN(CCCS(=O)(=O)O)C2. The van der Waals surface area contributed by atoms with Crippen LogP contribution in [0.4, 0.5) is 5.69 Å². The summed E-state index contributed by atoms with van der Waals surface area (Å²) in [5.74, 6) is -0.169. The number of rotatable bonds is 4. The molecule has 18 heavy (non-hydrogen) atoms. The van der Waals surface area contributed by atoms with Crippen LogP contribution in [-0.4, -0.2) is 36.7 Å². The van der Waals surface area contributed by atoms with Gasteiger partial charge >= 0.3 is 0 Å². The van der Waals surface area contributed by atoms with Gasteiger partial charge < -0.3 is 5.73 Å².